The minimum absolute atomic E-state index is 0.0164. The van der Waals surface area contributed by atoms with E-state index in [1.807, 2.05) is 6.07 Å². The molecule has 0 unspecified atom stereocenters. The second-order valence-electron chi connectivity index (χ2n) is 3.51. The maximum Gasteiger partial charge on any atom is 0.348 e. The number of hydrogen-bond acceptors (Lipinski definition) is 5. The van der Waals surface area contributed by atoms with Gasteiger partial charge in [0.1, 0.15) is 4.88 Å². The third kappa shape index (κ3) is 3.71. The van der Waals surface area contributed by atoms with Crippen molar-refractivity contribution in [2.75, 3.05) is 7.11 Å². The lowest BCUT2D eigenvalue weighted by molar-refractivity contribution is -0.113. The molecule has 92 valence electrons. The third-order valence-corrected chi connectivity index (χ3v) is 3.47. The molecule has 0 amide bonds. The molecule has 0 saturated heterocycles. The molecular weight excluding hydrogens is 238 g/mol. The van der Waals surface area contributed by atoms with Gasteiger partial charge in [0.25, 0.3) is 0 Å². The van der Waals surface area contributed by atoms with E-state index >= 15 is 0 Å². The number of esters is 1. The Kier molecular flexibility index (Phi) is 4.90. The average Bonchev–Trinajstić information content (AvgIpc) is 2.77. The highest BCUT2D eigenvalue weighted by Crippen LogP contribution is 2.20. The number of carbonyl (C=O) groups excluding carboxylic acids is 2. The first-order valence-electron chi connectivity index (χ1n) is 5.17. The van der Waals surface area contributed by atoms with E-state index in [0.29, 0.717) is 23.3 Å². The summed E-state index contributed by atoms with van der Waals surface area (Å²) in [5.74, 6) is -0.348. The van der Waals surface area contributed by atoms with Gasteiger partial charge in [-0.15, -0.1) is 11.3 Å². The maximum absolute atomic E-state index is 11.2. The summed E-state index contributed by atoms with van der Waals surface area (Å²) in [7, 11) is 1.35. The Morgan fingerprint density at radius 2 is 2.18 bits per heavy atom. The van der Waals surface area contributed by atoms with E-state index in [2.05, 4.69) is 4.74 Å². The maximum atomic E-state index is 11.2. The lowest BCUT2D eigenvalue weighted by Gasteiger charge is -2.00. The van der Waals surface area contributed by atoms with Gasteiger partial charge in [0.2, 0.25) is 0 Å². The van der Waals surface area contributed by atoms with Gasteiger partial charge in [-0.25, -0.2) is 4.79 Å². The van der Waals surface area contributed by atoms with Gasteiger partial charge in [-0.05, 0) is 31.9 Å². The Bertz CT molecular complexity index is 448. The lowest BCUT2D eigenvalue weighted by atomic mass is 10.1. The van der Waals surface area contributed by atoms with Crippen molar-refractivity contribution in [3.05, 3.63) is 33.7 Å². The minimum Gasteiger partial charge on any atom is -0.465 e. The molecule has 0 aliphatic heterocycles. The third-order valence-electron chi connectivity index (χ3n) is 2.34. The fourth-order valence-electron chi connectivity index (χ4n) is 1.36. The van der Waals surface area contributed by atoms with Crippen LogP contribution in [0.1, 0.15) is 27.9 Å². The standard InChI is InChI=1S/C12H15NO3S/c1-8(14)9(7-13)3-4-10-5-6-11(17-10)12(15)16-2/h5-7H,3-4,13H2,1-2H3/b9-7-. The van der Waals surface area contributed by atoms with Crippen LogP contribution in [0.5, 0.6) is 0 Å². The molecule has 0 spiro atoms. The van der Waals surface area contributed by atoms with E-state index < -0.39 is 0 Å². The van der Waals surface area contributed by atoms with Gasteiger partial charge in [-0.2, -0.15) is 0 Å². The summed E-state index contributed by atoms with van der Waals surface area (Å²) in [6.07, 6.45) is 2.63. The summed E-state index contributed by atoms with van der Waals surface area (Å²) in [5, 5.41) is 0. The lowest BCUT2D eigenvalue weighted by Crippen LogP contribution is -2.01. The van der Waals surface area contributed by atoms with E-state index in [0.717, 1.165) is 4.88 Å². The van der Waals surface area contributed by atoms with Crippen molar-refractivity contribution in [3.8, 4) is 0 Å². The molecule has 0 fully saturated rings. The number of carbonyl (C=O) groups is 2. The van der Waals surface area contributed by atoms with Crippen molar-refractivity contribution in [2.24, 2.45) is 5.73 Å². The molecule has 0 aliphatic rings. The molecule has 1 rings (SSSR count). The molecule has 1 heterocycles. The van der Waals surface area contributed by atoms with Gasteiger partial charge >= 0.3 is 5.97 Å². The van der Waals surface area contributed by atoms with Crippen molar-refractivity contribution >= 4 is 23.1 Å². The predicted octanol–water partition coefficient (Wildman–Crippen LogP) is 1.90. The largest absolute Gasteiger partial charge is 0.465 e. The van der Waals surface area contributed by atoms with Crippen LogP contribution in [-0.2, 0) is 16.0 Å². The summed E-state index contributed by atoms with van der Waals surface area (Å²) in [5.41, 5.74) is 5.97. The number of rotatable bonds is 5. The van der Waals surface area contributed by atoms with E-state index in [1.54, 1.807) is 6.07 Å². The molecule has 0 aromatic carbocycles. The highest BCUT2D eigenvalue weighted by atomic mass is 32.1. The first-order valence-corrected chi connectivity index (χ1v) is 5.99. The zero-order valence-corrected chi connectivity index (χ0v) is 10.7. The average molecular weight is 253 g/mol. The van der Waals surface area contributed by atoms with Gasteiger partial charge in [0.05, 0.1) is 7.11 Å². The number of thiophene rings is 1. The zero-order chi connectivity index (χ0) is 12.8. The number of methoxy groups -OCH3 is 1. The molecular formula is C12H15NO3S. The van der Waals surface area contributed by atoms with Crippen molar-refractivity contribution < 1.29 is 14.3 Å². The van der Waals surface area contributed by atoms with Crippen LogP contribution in [0.3, 0.4) is 0 Å². The molecule has 1 aromatic rings. The van der Waals surface area contributed by atoms with Crippen LogP contribution in [-0.4, -0.2) is 18.9 Å². The normalized spacial score (nSPS) is 11.3. The van der Waals surface area contributed by atoms with Crippen molar-refractivity contribution in [3.63, 3.8) is 0 Å². The molecule has 0 radical (unpaired) electrons. The van der Waals surface area contributed by atoms with Crippen LogP contribution in [0.2, 0.25) is 0 Å². The van der Waals surface area contributed by atoms with Gasteiger partial charge in [-0.3, -0.25) is 4.79 Å². The van der Waals surface area contributed by atoms with Gasteiger partial charge in [0.15, 0.2) is 5.78 Å². The number of ether oxygens (including phenoxy) is 1. The first-order chi connectivity index (χ1) is 8.08. The van der Waals surface area contributed by atoms with Crippen molar-refractivity contribution in [1.29, 1.82) is 0 Å². The number of allylic oxidation sites excluding steroid dienone is 1. The summed E-state index contributed by atoms with van der Waals surface area (Å²) in [6, 6.07) is 3.59. The van der Waals surface area contributed by atoms with Crippen LogP contribution in [0, 0.1) is 0 Å². The quantitative estimate of drug-likeness (QED) is 0.642. The highest BCUT2D eigenvalue weighted by molar-refractivity contribution is 7.13. The molecule has 0 atom stereocenters. The second kappa shape index (κ2) is 6.20. The molecule has 4 nitrogen and oxygen atoms in total. The highest BCUT2D eigenvalue weighted by Gasteiger charge is 2.10. The Hall–Kier alpha value is -1.62. The number of ketones is 1. The van der Waals surface area contributed by atoms with Gasteiger partial charge in [0, 0.05) is 16.7 Å². The fourth-order valence-corrected chi connectivity index (χ4v) is 2.28. The van der Waals surface area contributed by atoms with E-state index in [9.17, 15) is 9.59 Å². The van der Waals surface area contributed by atoms with Crippen LogP contribution in [0.4, 0.5) is 0 Å². The SMILES string of the molecule is COC(=O)c1ccc(CC/C(=C/N)C(C)=O)s1. The van der Waals surface area contributed by atoms with Crippen molar-refractivity contribution in [1.82, 2.24) is 0 Å². The Morgan fingerprint density at radius 1 is 1.47 bits per heavy atom. The smallest absolute Gasteiger partial charge is 0.348 e. The topological polar surface area (TPSA) is 69.4 Å². The van der Waals surface area contributed by atoms with E-state index in [-0.39, 0.29) is 11.8 Å². The van der Waals surface area contributed by atoms with Gasteiger partial charge < -0.3 is 10.5 Å². The second-order valence-corrected chi connectivity index (χ2v) is 4.67. The number of nitrogens with two attached hydrogens (primary N) is 1. The van der Waals surface area contributed by atoms with Crippen LogP contribution in [0.25, 0.3) is 0 Å². The minimum atomic E-state index is -0.331. The monoisotopic (exact) mass is 253 g/mol. The molecule has 0 aliphatic carbocycles. The Morgan fingerprint density at radius 3 is 2.71 bits per heavy atom. The summed E-state index contributed by atoms with van der Waals surface area (Å²) in [4.78, 5) is 24.0. The van der Waals surface area contributed by atoms with E-state index in [4.69, 9.17) is 5.73 Å². The number of Topliss-reactive ketones (excluding diaryl/α,β-unsaturated/α-hetero) is 1. The molecule has 2 N–H and O–H groups in total. The Balaban J connectivity index is 2.61. The molecule has 17 heavy (non-hydrogen) atoms. The molecule has 1 aromatic heterocycles. The fraction of sp³-hybridized carbons (Fsp3) is 0.333. The molecule has 0 saturated carbocycles. The Labute approximate surface area is 104 Å². The van der Waals surface area contributed by atoms with Crippen LogP contribution >= 0.6 is 11.3 Å². The number of aryl methyl sites for hydroxylation is 1. The zero-order valence-electron chi connectivity index (χ0n) is 9.86. The van der Waals surface area contributed by atoms with E-state index in [1.165, 1.54) is 31.6 Å². The summed E-state index contributed by atoms with van der Waals surface area (Å²) >= 11 is 1.38. The summed E-state index contributed by atoms with van der Waals surface area (Å²) < 4.78 is 4.62. The number of hydrogen-bond donors (Lipinski definition) is 1. The first kappa shape index (κ1) is 13.4. The predicted molar refractivity (Wildman–Crippen MR) is 66.9 cm³/mol. The van der Waals surface area contributed by atoms with Crippen LogP contribution < -0.4 is 5.73 Å². The molecule has 0 bridgehead atoms. The summed E-state index contributed by atoms with van der Waals surface area (Å²) in [6.45, 7) is 1.49. The van der Waals surface area contributed by atoms with Gasteiger partial charge in [-0.1, -0.05) is 0 Å². The van der Waals surface area contributed by atoms with Crippen LogP contribution in [0.15, 0.2) is 23.9 Å². The van der Waals surface area contributed by atoms with Crippen molar-refractivity contribution in [2.45, 2.75) is 19.8 Å². The molecule has 5 heteroatoms.